The van der Waals surface area contributed by atoms with Crippen LogP contribution in [0.4, 0.5) is 0 Å². The van der Waals surface area contributed by atoms with E-state index in [4.69, 9.17) is 5.11 Å². The van der Waals surface area contributed by atoms with Crippen LogP contribution in [-0.4, -0.2) is 34.7 Å². The molecule has 0 saturated carbocycles. The summed E-state index contributed by atoms with van der Waals surface area (Å²) in [5.74, 6) is -1.38. The van der Waals surface area contributed by atoms with E-state index in [1.165, 1.54) is 29.8 Å². The van der Waals surface area contributed by atoms with Crippen molar-refractivity contribution in [3.8, 4) is 0 Å². The monoisotopic (exact) mass is 327 g/mol. The van der Waals surface area contributed by atoms with Gasteiger partial charge in [0, 0.05) is 18.5 Å². The second kappa shape index (κ2) is 7.75. The number of hydrogen-bond donors (Lipinski definition) is 3. The first-order valence-electron chi connectivity index (χ1n) is 7.72. The summed E-state index contributed by atoms with van der Waals surface area (Å²) >= 11 is 0. The highest BCUT2D eigenvalue weighted by Crippen LogP contribution is 2.12. The topological polar surface area (TPSA) is 86.6 Å². The molecule has 0 bridgehead atoms. The molecule has 0 spiro atoms. The normalized spacial score (nSPS) is 11.8. The summed E-state index contributed by atoms with van der Waals surface area (Å²) in [5, 5.41) is 21.6. The van der Waals surface area contributed by atoms with Gasteiger partial charge in [0.2, 0.25) is 0 Å². The van der Waals surface area contributed by atoms with Crippen LogP contribution in [0.25, 0.3) is 0 Å². The van der Waals surface area contributed by atoms with Crippen molar-refractivity contribution in [3.63, 3.8) is 0 Å². The van der Waals surface area contributed by atoms with Gasteiger partial charge in [0.15, 0.2) is 0 Å². The van der Waals surface area contributed by atoms with Crippen molar-refractivity contribution in [2.75, 3.05) is 6.54 Å². The molecular weight excluding hydrogens is 306 g/mol. The Morgan fingerprint density at radius 2 is 1.67 bits per heavy atom. The fraction of sp³-hybridized carbons (Fsp3) is 0.263. The molecule has 0 aliphatic rings. The number of aryl methyl sites for hydroxylation is 2. The Balaban J connectivity index is 1.89. The molecule has 2 aromatic rings. The number of rotatable bonds is 6. The number of carboxylic acid groups (broad SMARTS) is 1. The number of carbonyl (C=O) groups is 2. The first kappa shape index (κ1) is 17.7. The van der Waals surface area contributed by atoms with E-state index in [-0.39, 0.29) is 18.0 Å². The number of aliphatic hydroxyl groups is 1. The average Bonchev–Trinajstić information content (AvgIpc) is 2.55. The van der Waals surface area contributed by atoms with E-state index in [9.17, 15) is 14.7 Å². The Bertz CT molecular complexity index is 738. The van der Waals surface area contributed by atoms with Crippen LogP contribution in [0, 0.1) is 13.8 Å². The summed E-state index contributed by atoms with van der Waals surface area (Å²) < 4.78 is 0. The molecule has 0 radical (unpaired) electrons. The summed E-state index contributed by atoms with van der Waals surface area (Å²) in [6.07, 6.45) is -0.224. The molecule has 0 aromatic heterocycles. The molecule has 0 heterocycles. The van der Waals surface area contributed by atoms with Crippen LogP contribution in [0.5, 0.6) is 0 Å². The lowest BCUT2D eigenvalue weighted by atomic mass is 10.0. The molecule has 126 valence electrons. The molecule has 0 aliphatic carbocycles. The zero-order valence-electron chi connectivity index (χ0n) is 13.7. The third-order valence-electron chi connectivity index (χ3n) is 3.85. The smallest absolute Gasteiger partial charge is 0.335 e. The Morgan fingerprint density at radius 3 is 2.25 bits per heavy atom. The van der Waals surface area contributed by atoms with Gasteiger partial charge in [-0.1, -0.05) is 23.8 Å². The second-order valence-corrected chi connectivity index (χ2v) is 5.88. The van der Waals surface area contributed by atoms with Crippen LogP contribution in [0.2, 0.25) is 0 Å². The van der Waals surface area contributed by atoms with Crippen LogP contribution in [-0.2, 0) is 6.42 Å². The summed E-state index contributed by atoms with van der Waals surface area (Å²) in [7, 11) is 0. The molecule has 1 amide bonds. The Kier molecular flexibility index (Phi) is 5.71. The standard InChI is InChI=1S/C19H21NO4/c1-12-3-4-16(13(2)9-12)10-17(21)11-20-18(22)14-5-7-15(8-6-14)19(23)24/h3-9,17,21H,10-11H2,1-2H3,(H,20,22)(H,23,24). The van der Waals surface area contributed by atoms with E-state index in [1.807, 2.05) is 26.0 Å². The van der Waals surface area contributed by atoms with Gasteiger partial charge in [-0.25, -0.2) is 4.79 Å². The molecule has 5 heteroatoms. The lowest BCUT2D eigenvalue weighted by Gasteiger charge is -2.14. The van der Waals surface area contributed by atoms with Crippen molar-refractivity contribution >= 4 is 11.9 Å². The fourth-order valence-corrected chi connectivity index (χ4v) is 2.48. The minimum Gasteiger partial charge on any atom is -0.478 e. The van der Waals surface area contributed by atoms with Gasteiger partial charge >= 0.3 is 5.97 Å². The van der Waals surface area contributed by atoms with Gasteiger partial charge in [-0.15, -0.1) is 0 Å². The number of benzene rings is 2. The molecule has 0 fully saturated rings. The number of carbonyl (C=O) groups excluding carboxylic acids is 1. The second-order valence-electron chi connectivity index (χ2n) is 5.88. The Morgan fingerprint density at radius 1 is 1.04 bits per heavy atom. The van der Waals surface area contributed by atoms with Crippen LogP contribution in [0.1, 0.15) is 37.4 Å². The van der Waals surface area contributed by atoms with Crippen molar-refractivity contribution in [1.82, 2.24) is 5.32 Å². The van der Waals surface area contributed by atoms with Gasteiger partial charge in [0.05, 0.1) is 11.7 Å². The van der Waals surface area contributed by atoms with Crippen molar-refractivity contribution in [3.05, 3.63) is 70.3 Å². The first-order chi connectivity index (χ1) is 11.4. The highest BCUT2D eigenvalue weighted by atomic mass is 16.4. The molecule has 24 heavy (non-hydrogen) atoms. The third-order valence-corrected chi connectivity index (χ3v) is 3.85. The number of amides is 1. The third kappa shape index (κ3) is 4.67. The molecular formula is C19H21NO4. The van der Waals surface area contributed by atoms with E-state index >= 15 is 0 Å². The Labute approximate surface area is 141 Å². The number of aromatic carboxylic acids is 1. The molecule has 2 rings (SSSR count). The van der Waals surface area contributed by atoms with Gasteiger partial charge in [-0.05, 0) is 49.2 Å². The van der Waals surface area contributed by atoms with Crippen LogP contribution >= 0.6 is 0 Å². The molecule has 3 N–H and O–H groups in total. The summed E-state index contributed by atoms with van der Waals surface area (Å²) in [6.45, 7) is 4.15. The van der Waals surface area contributed by atoms with E-state index < -0.39 is 12.1 Å². The predicted molar refractivity (Wildman–Crippen MR) is 91.4 cm³/mol. The number of aliphatic hydroxyl groups excluding tert-OH is 1. The largest absolute Gasteiger partial charge is 0.478 e. The van der Waals surface area contributed by atoms with Crippen LogP contribution in [0.15, 0.2) is 42.5 Å². The number of hydrogen-bond acceptors (Lipinski definition) is 3. The predicted octanol–water partition coefficient (Wildman–Crippen LogP) is 2.34. The van der Waals surface area contributed by atoms with E-state index in [0.29, 0.717) is 12.0 Å². The summed E-state index contributed by atoms with van der Waals surface area (Å²) in [6, 6.07) is 11.7. The van der Waals surface area contributed by atoms with Gasteiger partial charge in [-0.3, -0.25) is 4.79 Å². The zero-order chi connectivity index (χ0) is 17.7. The summed E-state index contributed by atoms with van der Waals surface area (Å²) in [5.41, 5.74) is 3.82. The van der Waals surface area contributed by atoms with Crippen LogP contribution in [0.3, 0.4) is 0 Å². The molecule has 0 saturated heterocycles. The maximum Gasteiger partial charge on any atom is 0.335 e. The average molecular weight is 327 g/mol. The zero-order valence-corrected chi connectivity index (χ0v) is 13.7. The minimum absolute atomic E-state index is 0.126. The minimum atomic E-state index is -1.04. The fourth-order valence-electron chi connectivity index (χ4n) is 2.48. The summed E-state index contributed by atoms with van der Waals surface area (Å²) in [4.78, 5) is 22.8. The first-order valence-corrected chi connectivity index (χ1v) is 7.72. The van der Waals surface area contributed by atoms with Crippen LogP contribution < -0.4 is 5.32 Å². The molecule has 0 aliphatic heterocycles. The highest BCUT2D eigenvalue weighted by molar-refractivity contribution is 5.95. The number of nitrogens with one attached hydrogen (secondary N) is 1. The number of carboxylic acids is 1. The molecule has 2 aromatic carbocycles. The SMILES string of the molecule is Cc1ccc(CC(O)CNC(=O)c2ccc(C(=O)O)cc2)c(C)c1. The molecule has 1 unspecified atom stereocenters. The Hall–Kier alpha value is -2.66. The lowest BCUT2D eigenvalue weighted by molar-refractivity contribution is 0.0696. The van der Waals surface area contributed by atoms with E-state index in [2.05, 4.69) is 11.4 Å². The lowest BCUT2D eigenvalue weighted by Crippen LogP contribution is -2.33. The van der Waals surface area contributed by atoms with Crippen molar-refractivity contribution < 1.29 is 19.8 Å². The van der Waals surface area contributed by atoms with Crippen molar-refractivity contribution in [2.24, 2.45) is 0 Å². The maximum atomic E-state index is 12.0. The van der Waals surface area contributed by atoms with Gasteiger partial charge in [-0.2, -0.15) is 0 Å². The van der Waals surface area contributed by atoms with Gasteiger partial charge in [0.1, 0.15) is 0 Å². The van der Waals surface area contributed by atoms with E-state index in [0.717, 1.165) is 11.1 Å². The van der Waals surface area contributed by atoms with Gasteiger partial charge < -0.3 is 15.5 Å². The quantitative estimate of drug-likeness (QED) is 0.760. The van der Waals surface area contributed by atoms with E-state index in [1.54, 1.807) is 0 Å². The molecule has 5 nitrogen and oxygen atoms in total. The van der Waals surface area contributed by atoms with Crippen molar-refractivity contribution in [1.29, 1.82) is 0 Å². The maximum absolute atomic E-state index is 12.0. The van der Waals surface area contributed by atoms with Gasteiger partial charge in [0.25, 0.3) is 5.91 Å². The highest BCUT2D eigenvalue weighted by Gasteiger charge is 2.12. The van der Waals surface area contributed by atoms with Crippen molar-refractivity contribution in [2.45, 2.75) is 26.4 Å². The molecule has 1 atom stereocenters.